The van der Waals surface area contributed by atoms with Gasteiger partial charge < -0.3 is 9.47 Å². The van der Waals surface area contributed by atoms with Crippen molar-refractivity contribution in [3.8, 4) is 22.6 Å². The molecule has 4 nitrogen and oxygen atoms in total. The first-order chi connectivity index (χ1) is 14.7. The van der Waals surface area contributed by atoms with Crippen molar-refractivity contribution in [2.45, 2.75) is 0 Å². The van der Waals surface area contributed by atoms with E-state index in [-0.39, 0.29) is 0 Å². The van der Waals surface area contributed by atoms with E-state index >= 15 is 0 Å². The normalized spacial score (nSPS) is 10.3. The average molecular weight is 394 g/mol. The molecule has 0 saturated carbocycles. The quantitative estimate of drug-likeness (QED) is 0.317. The summed E-state index contributed by atoms with van der Waals surface area (Å²) < 4.78 is 10.8. The molecule has 0 aliphatic heterocycles. The monoisotopic (exact) mass is 394 g/mol. The Kier molecular flexibility index (Phi) is 5.67. The number of esters is 2. The van der Waals surface area contributed by atoms with Gasteiger partial charge in [-0.25, -0.2) is 9.59 Å². The van der Waals surface area contributed by atoms with E-state index in [1.807, 2.05) is 54.6 Å². The fourth-order valence-corrected chi connectivity index (χ4v) is 2.93. The molecule has 30 heavy (non-hydrogen) atoms. The first-order valence-corrected chi connectivity index (χ1v) is 9.44. The van der Waals surface area contributed by atoms with E-state index in [9.17, 15) is 9.59 Å². The zero-order chi connectivity index (χ0) is 20.8. The molecule has 4 rings (SSSR count). The number of rotatable bonds is 5. The number of hydrogen-bond acceptors (Lipinski definition) is 4. The Hall–Kier alpha value is -4.18. The fourth-order valence-electron chi connectivity index (χ4n) is 2.93. The van der Waals surface area contributed by atoms with Crippen molar-refractivity contribution in [1.29, 1.82) is 0 Å². The standard InChI is InChI=1S/C26H18O4/c27-25(29-23-10-3-1-4-11-23)20-16-14-19(15-17-20)21-8-7-9-22(18-21)26(28)30-24-12-5-2-6-13-24/h1-18H. The van der Waals surface area contributed by atoms with Gasteiger partial charge in [0.1, 0.15) is 11.5 Å². The van der Waals surface area contributed by atoms with Crippen LogP contribution in [0.1, 0.15) is 20.7 Å². The fraction of sp³-hybridized carbons (Fsp3) is 0. The Morgan fingerprint density at radius 1 is 0.467 bits per heavy atom. The molecular weight excluding hydrogens is 376 g/mol. The summed E-state index contributed by atoms with van der Waals surface area (Å²) in [6, 6.07) is 32.1. The maximum absolute atomic E-state index is 12.4. The van der Waals surface area contributed by atoms with Crippen LogP contribution < -0.4 is 9.47 Å². The summed E-state index contributed by atoms with van der Waals surface area (Å²) in [7, 11) is 0. The summed E-state index contributed by atoms with van der Waals surface area (Å²) in [6.45, 7) is 0. The summed E-state index contributed by atoms with van der Waals surface area (Å²) in [5, 5.41) is 0. The second-order valence-corrected chi connectivity index (χ2v) is 6.56. The Bertz CT molecular complexity index is 1150. The molecule has 0 amide bonds. The molecule has 0 N–H and O–H groups in total. The van der Waals surface area contributed by atoms with Crippen molar-refractivity contribution in [2.24, 2.45) is 0 Å². The maximum Gasteiger partial charge on any atom is 0.343 e. The SMILES string of the molecule is O=C(Oc1ccccc1)c1ccc(-c2cccc(C(=O)Oc3ccccc3)c2)cc1. The van der Waals surface area contributed by atoms with Crippen LogP contribution in [0.3, 0.4) is 0 Å². The Balaban J connectivity index is 1.48. The number of benzene rings is 4. The van der Waals surface area contributed by atoms with Crippen molar-refractivity contribution in [3.05, 3.63) is 120 Å². The Morgan fingerprint density at radius 2 is 1.00 bits per heavy atom. The van der Waals surface area contributed by atoms with Crippen LogP contribution in [0.2, 0.25) is 0 Å². The van der Waals surface area contributed by atoms with Gasteiger partial charge >= 0.3 is 11.9 Å². The minimum absolute atomic E-state index is 0.423. The van der Waals surface area contributed by atoms with E-state index in [2.05, 4.69) is 0 Å². The van der Waals surface area contributed by atoms with Crippen LogP contribution in [0.25, 0.3) is 11.1 Å². The number of ether oxygens (including phenoxy) is 2. The summed E-state index contributed by atoms with van der Waals surface area (Å²) in [6.07, 6.45) is 0. The van der Waals surface area contributed by atoms with Crippen molar-refractivity contribution < 1.29 is 19.1 Å². The minimum atomic E-state index is -0.425. The molecule has 0 bridgehead atoms. The molecule has 0 spiro atoms. The van der Waals surface area contributed by atoms with Crippen molar-refractivity contribution in [2.75, 3.05) is 0 Å². The van der Waals surface area contributed by atoms with E-state index in [0.29, 0.717) is 22.6 Å². The average Bonchev–Trinajstić information content (AvgIpc) is 2.80. The third-order valence-electron chi connectivity index (χ3n) is 4.46. The zero-order valence-electron chi connectivity index (χ0n) is 16.0. The molecule has 0 unspecified atom stereocenters. The molecular formula is C26H18O4. The van der Waals surface area contributed by atoms with Gasteiger partial charge in [-0.15, -0.1) is 0 Å². The Labute approximate surface area is 174 Å². The van der Waals surface area contributed by atoms with Crippen LogP contribution in [0.4, 0.5) is 0 Å². The molecule has 4 aromatic rings. The highest BCUT2D eigenvalue weighted by molar-refractivity contribution is 5.93. The van der Waals surface area contributed by atoms with Gasteiger partial charge in [-0.3, -0.25) is 0 Å². The van der Waals surface area contributed by atoms with Gasteiger partial charge in [-0.2, -0.15) is 0 Å². The summed E-state index contributed by atoms with van der Waals surface area (Å²) in [4.78, 5) is 24.7. The number of carbonyl (C=O) groups excluding carboxylic acids is 2. The lowest BCUT2D eigenvalue weighted by molar-refractivity contribution is 0.0725. The molecule has 146 valence electrons. The van der Waals surface area contributed by atoms with Crippen LogP contribution in [0.5, 0.6) is 11.5 Å². The summed E-state index contributed by atoms with van der Waals surface area (Å²) in [5.41, 5.74) is 2.62. The van der Waals surface area contributed by atoms with Crippen LogP contribution in [-0.4, -0.2) is 11.9 Å². The van der Waals surface area contributed by atoms with Gasteiger partial charge in [0.2, 0.25) is 0 Å². The molecule has 0 aromatic heterocycles. The predicted octanol–water partition coefficient (Wildman–Crippen LogP) is 5.79. The molecule has 4 heteroatoms. The van der Waals surface area contributed by atoms with E-state index in [4.69, 9.17) is 9.47 Å². The third-order valence-corrected chi connectivity index (χ3v) is 4.46. The lowest BCUT2D eigenvalue weighted by Gasteiger charge is -2.08. The van der Waals surface area contributed by atoms with Gasteiger partial charge in [0.25, 0.3) is 0 Å². The molecule has 0 aliphatic carbocycles. The van der Waals surface area contributed by atoms with E-state index in [1.165, 1.54) is 0 Å². The third kappa shape index (κ3) is 4.62. The van der Waals surface area contributed by atoms with Gasteiger partial charge in [0, 0.05) is 0 Å². The zero-order valence-corrected chi connectivity index (χ0v) is 16.0. The number of para-hydroxylation sites is 2. The lowest BCUT2D eigenvalue weighted by Crippen LogP contribution is -2.08. The highest BCUT2D eigenvalue weighted by Crippen LogP contribution is 2.23. The second kappa shape index (κ2) is 8.88. The van der Waals surface area contributed by atoms with Gasteiger partial charge in [-0.1, -0.05) is 60.7 Å². The van der Waals surface area contributed by atoms with Crippen LogP contribution in [-0.2, 0) is 0 Å². The van der Waals surface area contributed by atoms with Crippen LogP contribution in [0, 0.1) is 0 Å². The van der Waals surface area contributed by atoms with E-state index in [0.717, 1.165) is 11.1 Å². The van der Waals surface area contributed by atoms with Gasteiger partial charge in [0.05, 0.1) is 11.1 Å². The van der Waals surface area contributed by atoms with Crippen molar-refractivity contribution in [1.82, 2.24) is 0 Å². The molecule has 0 radical (unpaired) electrons. The van der Waals surface area contributed by atoms with E-state index in [1.54, 1.807) is 54.6 Å². The lowest BCUT2D eigenvalue weighted by atomic mass is 10.0. The van der Waals surface area contributed by atoms with Crippen molar-refractivity contribution >= 4 is 11.9 Å². The molecule has 0 atom stereocenters. The van der Waals surface area contributed by atoms with Crippen molar-refractivity contribution in [3.63, 3.8) is 0 Å². The van der Waals surface area contributed by atoms with E-state index < -0.39 is 11.9 Å². The topological polar surface area (TPSA) is 52.6 Å². The highest BCUT2D eigenvalue weighted by Gasteiger charge is 2.11. The van der Waals surface area contributed by atoms with Crippen LogP contribution in [0.15, 0.2) is 109 Å². The van der Waals surface area contributed by atoms with Gasteiger partial charge in [0.15, 0.2) is 0 Å². The minimum Gasteiger partial charge on any atom is -0.423 e. The molecule has 0 fully saturated rings. The first-order valence-electron chi connectivity index (χ1n) is 9.44. The number of hydrogen-bond donors (Lipinski definition) is 0. The largest absolute Gasteiger partial charge is 0.423 e. The summed E-state index contributed by atoms with van der Waals surface area (Å²) >= 11 is 0. The molecule has 0 saturated heterocycles. The molecule has 0 aliphatic rings. The molecule has 0 heterocycles. The number of carbonyl (C=O) groups is 2. The first kappa shape index (κ1) is 19.2. The second-order valence-electron chi connectivity index (χ2n) is 6.56. The summed E-state index contributed by atoms with van der Waals surface area (Å²) in [5.74, 6) is 0.143. The predicted molar refractivity (Wildman–Crippen MR) is 115 cm³/mol. The maximum atomic E-state index is 12.4. The van der Waals surface area contributed by atoms with Crippen LogP contribution >= 0.6 is 0 Å². The van der Waals surface area contributed by atoms with Gasteiger partial charge in [-0.05, 0) is 59.7 Å². The highest BCUT2D eigenvalue weighted by atomic mass is 16.5. The Morgan fingerprint density at radius 3 is 1.57 bits per heavy atom. The smallest absolute Gasteiger partial charge is 0.343 e. The molecule has 4 aromatic carbocycles.